The average Bonchev–Trinajstić information content (AvgIpc) is 2.68. The lowest BCUT2D eigenvalue weighted by Gasteiger charge is -2.35. The molecule has 1 fully saturated rings. The number of aryl methyl sites for hydroxylation is 1. The molecule has 5 nitrogen and oxygen atoms in total. The molecule has 2 amide bonds. The summed E-state index contributed by atoms with van der Waals surface area (Å²) in [7, 11) is 1.45. The molecular formula is C20H20Cl2N2O3. The van der Waals surface area contributed by atoms with Crippen molar-refractivity contribution in [1.29, 1.82) is 0 Å². The quantitative estimate of drug-likeness (QED) is 0.776. The smallest absolute Gasteiger partial charge is 0.259 e. The minimum absolute atomic E-state index is 0.0239. The van der Waals surface area contributed by atoms with E-state index < -0.39 is 0 Å². The summed E-state index contributed by atoms with van der Waals surface area (Å²) in [5, 5.41) is 0.623. The third-order valence-electron chi connectivity index (χ3n) is 4.60. The first kappa shape index (κ1) is 19.5. The van der Waals surface area contributed by atoms with Gasteiger partial charge in [0.1, 0.15) is 5.56 Å². The standard InChI is InChI=1S/C20H20Cl2N2O3/c1-13-4-3-5-14(12-13)19(25)23-8-10-24(11-9-23)20(26)17-15(21)6-7-16(22)18(17)27-2/h3-7,12H,8-11H2,1-2H3. The van der Waals surface area contributed by atoms with Gasteiger partial charge in [0.05, 0.1) is 17.2 Å². The molecule has 0 N–H and O–H groups in total. The van der Waals surface area contributed by atoms with Crippen molar-refractivity contribution in [1.82, 2.24) is 9.80 Å². The molecule has 27 heavy (non-hydrogen) atoms. The first-order valence-electron chi connectivity index (χ1n) is 8.59. The van der Waals surface area contributed by atoms with Gasteiger partial charge in [-0.2, -0.15) is 0 Å². The van der Waals surface area contributed by atoms with E-state index in [9.17, 15) is 9.59 Å². The van der Waals surface area contributed by atoms with Gasteiger partial charge in [-0.15, -0.1) is 0 Å². The van der Waals surface area contributed by atoms with Gasteiger partial charge in [-0.05, 0) is 31.2 Å². The zero-order valence-corrected chi connectivity index (χ0v) is 16.7. The third kappa shape index (κ3) is 4.04. The number of piperazine rings is 1. The van der Waals surface area contributed by atoms with Crippen molar-refractivity contribution in [2.45, 2.75) is 6.92 Å². The van der Waals surface area contributed by atoms with Crippen molar-refractivity contribution >= 4 is 35.0 Å². The highest BCUT2D eigenvalue weighted by Gasteiger charge is 2.29. The van der Waals surface area contributed by atoms with Gasteiger partial charge in [0.25, 0.3) is 11.8 Å². The maximum absolute atomic E-state index is 12.9. The average molecular weight is 407 g/mol. The summed E-state index contributed by atoms with van der Waals surface area (Å²) < 4.78 is 5.27. The fourth-order valence-electron chi connectivity index (χ4n) is 3.16. The third-order valence-corrected chi connectivity index (χ3v) is 5.21. The number of rotatable bonds is 3. The van der Waals surface area contributed by atoms with Crippen molar-refractivity contribution in [2.75, 3.05) is 33.3 Å². The molecule has 0 aliphatic carbocycles. The van der Waals surface area contributed by atoms with Crippen LogP contribution in [-0.2, 0) is 0 Å². The molecule has 1 aliphatic heterocycles. The molecule has 1 aliphatic rings. The second-order valence-corrected chi connectivity index (χ2v) is 7.21. The van der Waals surface area contributed by atoms with Gasteiger partial charge in [0.2, 0.25) is 0 Å². The van der Waals surface area contributed by atoms with Crippen LogP contribution >= 0.6 is 23.2 Å². The topological polar surface area (TPSA) is 49.9 Å². The molecule has 1 heterocycles. The summed E-state index contributed by atoms with van der Waals surface area (Å²) in [4.78, 5) is 29.0. The number of carbonyl (C=O) groups is 2. The van der Waals surface area contributed by atoms with Gasteiger partial charge in [0, 0.05) is 31.7 Å². The second-order valence-electron chi connectivity index (χ2n) is 6.39. The zero-order chi connectivity index (χ0) is 19.6. The monoisotopic (exact) mass is 406 g/mol. The van der Waals surface area contributed by atoms with Crippen molar-refractivity contribution < 1.29 is 14.3 Å². The summed E-state index contributed by atoms with van der Waals surface area (Å²) in [6, 6.07) is 10.7. The van der Waals surface area contributed by atoms with Crippen LogP contribution in [0.1, 0.15) is 26.3 Å². The van der Waals surface area contributed by atoms with E-state index in [1.807, 2.05) is 31.2 Å². The van der Waals surface area contributed by atoms with Crippen molar-refractivity contribution in [3.05, 3.63) is 63.1 Å². The van der Waals surface area contributed by atoms with Crippen LogP contribution < -0.4 is 4.74 Å². The maximum atomic E-state index is 12.9. The Hall–Kier alpha value is -2.24. The molecular weight excluding hydrogens is 387 g/mol. The van der Waals surface area contributed by atoms with E-state index in [1.54, 1.807) is 21.9 Å². The lowest BCUT2D eigenvalue weighted by atomic mass is 10.1. The predicted octanol–water partition coefficient (Wildman–Crippen LogP) is 3.91. The molecule has 0 unspecified atom stereocenters. The molecule has 142 valence electrons. The summed E-state index contributed by atoms with van der Waals surface area (Å²) in [6.45, 7) is 3.71. The highest BCUT2D eigenvalue weighted by atomic mass is 35.5. The highest BCUT2D eigenvalue weighted by Crippen LogP contribution is 2.34. The van der Waals surface area contributed by atoms with Crippen LogP contribution in [0.15, 0.2) is 36.4 Å². The molecule has 0 spiro atoms. The highest BCUT2D eigenvalue weighted by molar-refractivity contribution is 6.37. The summed E-state index contributed by atoms with van der Waals surface area (Å²) in [6.07, 6.45) is 0. The number of carbonyl (C=O) groups excluding carboxylic acids is 2. The van der Waals surface area contributed by atoms with E-state index in [1.165, 1.54) is 7.11 Å². The van der Waals surface area contributed by atoms with Gasteiger partial charge in [0.15, 0.2) is 5.75 Å². The summed E-state index contributed by atoms with van der Waals surface area (Å²) in [5.74, 6) is -0.00129. The van der Waals surface area contributed by atoms with E-state index in [-0.39, 0.29) is 23.1 Å². The fourth-order valence-corrected chi connectivity index (χ4v) is 3.63. The van der Waals surface area contributed by atoms with Crippen molar-refractivity contribution in [3.63, 3.8) is 0 Å². The Morgan fingerprint density at radius 1 is 0.926 bits per heavy atom. The van der Waals surface area contributed by atoms with E-state index in [0.29, 0.717) is 41.8 Å². The fraction of sp³-hybridized carbons (Fsp3) is 0.300. The Balaban J connectivity index is 1.72. The molecule has 0 radical (unpaired) electrons. The molecule has 1 saturated heterocycles. The van der Waals surface area contributed by atoms with Crippen LogP contribution in [0.5, 0.6) is 5.75 Å². The van der Waals surface area contributed by atoms with Gasteiger partial charge in [-0.1, -0.05) is 40.9 Å². The number of halogens is 2. The van der Waals surface area contributed by atoms with Gasteiger partial charge >= 0.3 is 0 Å². The van der Waals surface area contributed by atoms with E-state index >= 15 is 0 Å². The Kier molecular flexibility index (Phi) is 5.92. The van der Waals surface area contributed by atoms with Crippen LogP contribution in [-0.4, -0.2) is 54.9 Å². The van der Waals surface area contributed by atoms with Crippen LogP contribution in [0.2, 0.25) is 10.0 Å². The first-order valence-corrected chi connectivity index (χ1v) is 9.35. The number of hydrogen-bond acceptors (Lipinski definition) is 3. The molecule has 2 aromatic rings. The predicted molar refractivity (Wildman–Crippen MR) is 106 cm³/mol. The Morgan fingerprint density at radius 2 is 1.52 bits per heavy atom. The van der Waals surface area contributed by atoms with Crippen LogP contribution in [0.4, 0.5) is 0 Å². The summed E-state index contributed by atoms with van der Waals surface area (Å²) >= 11 is 12.3. The minimum atomic E-state index is -0.248. The minimum Gasteiger partial charge on any atom is -0.494 e. The van der Waals surface area contributed by atoms with Crippen molar-refractivity contribution in [3.8, 4) is 5.75 Å². The number of amides is 2. The Labute approximate surface area is 168 Å². The van der Waals surface area contributed by atoms with Crippen LogP contribution in [0.3, 0.4) is 0 Å². The lowest BCUT2D eigenvalue weighted by Crippen LogP contribution is -2.50. The van der Waals surface area contributed by atoms with Crippen LogP contribution in [0.25, 0.3) is 0 Å². The molecule has 0 aromatic heterocycles. The molecule has 0 bridgehead atoms. The summed E-state index contributed by atoms with van der Waals surface area (Å²) in [5.41, 5.74) is 1.96. The lowest BCUT2D eigenvalue weighted by molar-refractivity contribution is 0.0533. The number of nitrogens with zero attached hydrogens (tertiary/aromatic N) is 2. The number of ether oxygens (including phenoxy) is 1. The van der Waals surface area contributed by atoms with Crippen molar-refractivity contribution in [2.24, 2.45) is 0 Å². The van der Waals surface area contributed by atoms with Crippen LogP contribution in [0, 0.1) is 6.92 Å². The number of benzene rings is 2. The Morgan fingerprint density at radius 3 is 2.11 bits per heavy atom. The SMILES string of the molecule is COc1c(Cl)ccc(Cl)c1C(=O)N1CCN(C(=O)c2cccc(C)c2)CC1. The number of hydrogen-bond donors (Lipinski definition) is 0. The van der Waals surface area contributed by atoms with E-state index in [4.69, 9.17) is 27.9 Å². The first-order chi connectivity index (χ1) is 12.9. The Bertz CT molecular complexity index is 878. The second kappa shape index (κ2) is 8.19. The van der Waals surface area contributed by atoms with Gasteiger partial charge in [-0.25, -0.2) is 0 Å². The van der Waals surface area contributed by atoms with E-state index in [0.717, 1.165) is 5.56 Å². The van der Waals surface area contributed by atoms with Gasteiger partial charge in [-0.3, -0.25) is 9.59 Å². The maximum Gasteiger partial charge on any atom is 0.259 e. The largest absolute Gasteiger partial charge is 0.494 e. The van der Waals surface area contributed by atoms with E-state index in [2.05, 4.69) is 0 Å². The zero-order valence-electron chi connectivity index (χ0n) is 15.2. The molecule has 0 saturated carbocycles. The van der Waals surface area contributed by atoms with Gasteiger partial charge < -0.3 is 14.5 Å². The molecule has 3 rings (SSSR count). The molecule has 2 aromatic carbocycles. The molecule has 0 atom stereocenters. The molecule has 7 heteroatoms. The number of methoxy groups -OCH3 is 1. The normalized spacial score (nSPS) is 14.2.